The molecule has 6 amide bonds. The molecule has 9 rings (SSSR count). The average molecular weight is 899 g/mol. The molecular formula is C51H62N8O7. The van der Waals surface area contributed by atoms with E-state index in [0.29, 0.717) is 83.6 Å². The summed E-state index contributed by atoms with van der Waals surface area (Å²) in [5.74, 6) is 0.0731. The van der Waals surface area contributed by atoms with Crippen LogP contribution in [0.25, 0.3) is 11.3 Å². The minimum Gasteiger partial charge on any atom is -0.378 e. The van der Waals surface area contributed by atoms with Gasteiger partial charge in [0.2, 0.25) is 17.7 Å². The highest BCUT2D eigenvalue weighted by Gasteiger charge is 2.41. The van der Waals surface area contributed by atoms with Gasteiger partial charge in [0.1, 0.15) is 17.9 Å². The van der Waals surface area contributed by atoms with Crippen LogP contribution in [0.3, 0.4) is 0 Å². The van der Waals surface area contributed by atoms with Crippen molar-refractivity contribution in [2.75, 3.05) is 65.7 Å². The van der Waals surface area contributed by atoms with Crippen molar-refractivity contribution in [2.24, 2.45) is 0 Å². The third-order valence-corrected chi connectivity index (χ3v) is 14.2. The molecule has 4 saturated heterocycles. The molecule has 5 heterocycles. The number of imidazole rings is 1. The number of urea groups is 1. The van der Waals surface area contributed by atoms with E-state index in [2.05, 4.69) is 39.9 Å². The molecule has 4 aromatic rings. The first-order chi connectivity index (χ1) is 32.3. The highest BCUT2D eigenvalue weighted by atomic mass is 16.5. The standard InChI is InChI=1S/C51H62N8O7/c60-45(56-25-29-65-30-26-56)33-41(37-9-3-1-4-10-37)49(62)58-23-7-13-43(58)47-52-34-42(54-47)38-17-15-35(16-18-38)36-19-21-40(22-20-36)53-48(61)44-14-8-24-59(44)50(63)46(39-11-5-2-6-12-39)55-51(64)57-27-31-66-32-28-57/h1-6,9-12,15-18,34,36,40-41,43-44,46H,7-8,13-14,19-33H2,(H,52,54)(H,53,61)(H,55,64)/t36?,40?,41-,43?,44?,46+/m1/s1. The van der Waals surface area contributed by atoms with Crippen LogP contribution in [0.2, 0.25) is 0 Å². The predicted molar refractivity (Wildman–Crippen MR) is 247 cm³/mol. The third kappa shape index (κ3) is 10.3. The summed E-state index contributed by atoms with van der Waals surface area (Å²) >= 11 is 0. The summed E-state index contributed by atoms with van der Waals surface area (Å²) in [4.78, 5) is 84.4. The molecule has 1 saturated carbocycles. The summed E-state index contributed by atoms with van der Waals surface area (Å²) in [5.41, 5.74) is 4.69. The molecule has 5 fully saturated rings. The Balaban J connectivity index is 0.787. The number of carbonyl (C=O) groups is 5. The van der Waals surface area contributed by atoms with Gasteiger partial charge in [0.15, 0.2) is 0 Å². The lowest BCUT2D eigenvalue weighted by Gasteiger charge is -2.33. The zero-order chi connectivity index (χ0) is 45.4. The van der Waals surface area contributed by atoms with E-state index in [-0.39, 0.29) is 48.2 Å². The number of aromatic amines is 1. The molecule has 1 aromatic heterocycles. The van der Waals surface area contributed by atoms with Crippen molar-refractivity contribution in [1.82, 2.24) is 40.2 Å². The summed E-state index contributed by atoms with van der Waals surface area (Å²) in [6, 6.07) is 25.5. The maximum Gasteiger partial charge on any atom is 0.318 e. The number of rotatable bonds is 12. The lowest BCUT2D eigenvalue weighted by Crippen LogP contribution is -2.54. The second kappa shape index (κ2) is 21.1. The van der Waals surface area contributed by atoms with Crippen molar-refractivity contribution in [3.05, 3.63) is 114 Å². The highest BCUT2D eigenvalue weighted by molar-refractivity contribution is 5.93. The maximum atomic E-state index is 14.4. The molecule has 348 valence electrons. The van der Waals surface area contributed by atoms with Crippen molar-refractivity contribution in [3.8, 4) is 11.3 Å². The van der Waals surface area contributed by atoms with Gasteiger partial charge in [-0.2, -0.15) is 0 Å². The maximum absolute atomic E-state index is 14.4. The first-order valence-corrected chi connectivity index (χ1v) is 24.0. The minimum absolute atomic E-state index is 0.0233. The Kier molecular flexibility index (Phi) is 14.4. The number of ether oxygens (including phenoxy) is 2. The fourth-order valence-corrected chi connectivity index (χ4v) is 10.5. The fourth-order valence-electron chi connectivity index (χ4n) is 10.5. The van der Waals surface area contributed by atoms with Gasteiger partial charge in [0.25, 0.3) is 5.91 Å². The molecule has 15 heteroatoms. The van der Waals surface area contributed by atoms with E-state index in [4.69, 9.17) is 14.5 Å². The van der Waals surface area contributed by atoms with Crippen LogP contribution in [0.5, 0.6) is 0 Å². The first kappa shape index (κ1) is 45.1. The zero-order valence-electron chi connectivity index (χ0n) is 37.7. The average Bonchev–Trinajstić information content (AvgIpc) is 4.19. The number of hydrogen-bond acceptors (Lipinski definition) is 8. The SMILES string of the molecule is O=C(NC1CCC(c2ccc(-c3cnc(C4CCCN4C(=O)[C@H](CC(=O)N4CCOCC4)c4ccccc4)[nH]3)cc2)CC1)C1CCCN1C(=O)[C@@H](NC(=O)N1CCOCC1)c1ccccc1. The number of nitrogens with zero attached hydrogens (tertiary/aromatic N) is 5. The fraction of sp³-hybridized carbons (Fsp3) is 0.490. The van der Waals surface area contributed by atoms with E-state index in [9.17, 15) is 24.0 Å². The van der Waals surface area contributed by atoms with E-state index in [1.54, 1.807) is 14.7 Å². The van der Waals surface area contributed by atoms with Gasteiger partial charge in [0.05, 0.1) is 50.3 Å². The normalized spacial score (nSPS) is 23.3. The molecule has 15 nitrogen and oxygen atoms in total. The van der Waals surface area contributed by atoms with Gasteiger partial charge in [-0.25, -0.2) is 9.78 Å². The van der Waals surface area contributed by atoms with Gasteiger partial charge in [-0.1, -0.05) is 84.9 Å². The number of carbonyl (C=O) groups excluding carboxylic acids is 5. The molecule has 3 N–H and O–H groups in total. The summed E-state index contributed by atoms with van der Waals surface area (Å²) in [7, 11) is 0. The topological polar surface area (TPSA) is 170 Å². The Bertz CT molecular complexity index is 2290. The molecule has 0 bridgehead atoms. The second-order valence-corrected chi connectivity index (χ2v) is 18.3. The molecular weight excluding hydrogens is 837 g/mol. The Morgan fingerprint density at radius 3 is 1.97 bits per heavy atom. The number of nitrogens with one attached hydrogen (secondary N) is 3. The molecule has 3 aromatic carbocycles. The summed E-state index contributed by atoms with van der Waals surface area (Å²) in [6.45, 7) is 5.02. The number of hydrogen-bond donors (Lipinski definition) is 3. The number of H-pyrrole nitrogens is 1. The molecule has 1 aliphatic carbocycles. The van der Waals surface area contributed by atoms with Crippen molar-refractivity contribution in [2.45, 2.75) is 93.8 Å². The predicted octanol–water partition coefficient (Wildman–Crippen LogP) is 5.69. The second-order valence-electron chi connectivity index (χ2n) is 18.3. The Morgan fingerprint density at radius 2 is 1.29 bits per heavy atom. The van der Waals surface area contributed by atoms with Crippen LogP contribution in [0.4, 0.5) is 4.79 Å². The number of benzene rings is 3. The number of aromatic nitrogens is 2. The number of morpholine rings is 2. The first-order valence-electron chi connectivity index (χ1n) is 24.0. The van der Waals surface area contributed by atoms with Gasteiger partial charge in [0, 0.05) is 51.7 Å². The van der Waals surface area contributed by atoms with Crippen molar-refractivity contribution >= 4 is 29.7 Å². The van der Waals surface area contributed by atoms with Crippen LogP contribution < -0.4 is 10.6 Å². The van der Waals surface area contributed by atoms with Gasteiger partial charge >= 0.3 is 6.03 Å². The number of amides is 6. The van der Waals surface area contributed by atoms with Crippen molar-refractivity contribution in [3.63, 3.8) is 0 Å². The molecule has 4 atom stereocenters. The van der Waals surface area contributed by atoms with E-state index < -0.39 is 18.0 Å². The van der Waals surface area contributed by atoms with Crippen LogP contribution in [0.1, 0.15) is 104 Å². The number of likely N-dealkylation sites (tertiary alicyclic amines) is 2. The smallest absolute Gasteiger partial charge is 0.318 e. The van der Waals surface area contributed by atoms with Gasteiger partial charge in [-0.05, 0) is 79.5 Å². The van der Waals surface area contributed by atoms with Gasteiger partial charge in [-0.15, -0.1) is 0 Å². The Hall–Kier alpha value is -6.06. The van der Waals surface area contributed by atoms with E-state index in [0.717, 1.165) is 67.6 Å². The lowest BCUT2D eigenvalue weighted by molar-refractivity contribution is -0.141. The Morgan fingerprint density at radius 1 is 0.667 bits per heavy atom. The molecule has 5 aliphatic rings. The van der Waals surface area contributed by atoms with Gasteiger partial charge < -0.3 is 44.7 Å². The van der Waals surface area contributed by atoms with Crippen molar-refractivity contribution < 1.29 is 33.4 Å². The third-order valence-electron chi connectivity index (χ3n) is 14.2. The van der Waals surface area contributed by atoms with Crippen LogP contribution in [0.15, 0.2) is 91.1 Å². The molecule has 66 heavy (non-hydrogen) atoms. The summed E-state index contributed by atoms with van der Waals surface area (Å²) < 4.78 is 10.9. The van der Waals surface area contributed by atoms with Crippen LogP contribution in [-0.2, 0) is 28.7 Å². The lowest BCUT2D eigenvalue weighted by atomic mass is 9.81. The monoisotopic (exact) mass is 898 g/mol. The van der Waals surface area contributed by atoms with Crippen LogP contribution >= 0.6 is 0 Å². The van der Waals surface area contributed by atoms with Crippen molar-refractivity contribution in [1.29, 1.82) is 0 Å². The molecule has 4 aliphatic heterocycles. The summed E-state index contributed by atoms with van der Waals surface area (Å²) in [6.07, 6.45) is 8.47. The van der Waals surface area contributed by atoms with Gasteiger partial charge in [-0.3, -0.25) is 19.2 Å². The minimum atomic E-state index is -0.899. The van der Waals surface area contributed by atoms with E-state index in [1.165, 1.54) is 5.56 Å². The van der Waals surface area contributed by atoms with E-state index in [1.807, 2.05) is 71.8 Å². The Labute approximate surface area is 386 Å². The zero-order valence-corrected chi connectivity index (χ0v) is 37.7. The molecule has 0 radical (unpaired) electrons. The highest BCUT2D eigenvalue weighted by Crippen LogP contribution is 2.37. The molecule has 0 spiro atoms. The largest absolute Gasteiger partial charge is 0.378 e. The van der Waals surface area contributed by atoms with E-state index >= 15 is 0 Å². The molecule has 2 unspecified atom stereocenters. The van der Waals surface area contributed by atoms with Crippen LogP contribution in [0, 0.1) is 0 Å². The summed E-state index contributed by atoms with van der Waals surface area (Å²) in [5, 5.41) is 6.26. The quantitative estimate of drug-likeness (QED) is 0.163. The van der Waals surface area contributed by atoms with Crippen LogP contribution in [-0.4, -0.2) is 137 Å².